The van der Waals surface area contributed by atoms with E-state index in [1.807, 2.05) is 42.8 Å². The highest BCUT2D eigenvalue weighted by Crippen LogP contribution is 2.41. The van der Waals surface area contributed by atoms with E-state index < -0.39 is 0 Å². The summed E-state index contributed by atoms with van der Waals surface area (Å²) in [6.45, 7) is 5.94. The molecule has 0 atom stereocenters. The molecule has 0 saturated heterocycles. The van der Waals surface area contributed by atoms with Crippen molar-refractivity contribution in [1.82, 2.24) is 20.3 Å². The van der Waals surface area contributed by atoms with Crippen LogP contribution in [0.1, 0.15) is 54.4 Å². The lowest BCUT2D eigenvalue weighted by Gasteiger charge is -2.09. The number of nitrogens with zero attached hydrogens (tertiary/aromatic N) is 3. The summed E-state index contributed by atoms with van der Waals surface area (Å²) in [5.41, 5.74) is 3.56. The van der Waals surface area contributed by atoms with Crippen LogP contribution in [0.25, 0.3) is 5.69 Å². The van der Waals surface area contributed by atoms with Crippen LogP contribution in [-0.2, 0) is 0 Å². The Hall–Kier alpha value is -2.17. The van der Waals surface area contributed by atoms with E-state index in [1.165, 1.54) is 5.56 Å². The molecule has 0 spiro atoms. The molecule has 1 amide bonds. The van der Waals surface area contributed by atoms with Gasteiger partial charge in [-0.15, -0.1) is 5.10 Å². The van der Waals surface area contributed by atoms with Gasteiger partial charge in [-0.3, -0.25) is 4.79 Å². The predicted octanol–water partition coefficient (Wildman–Crippen LogP) is 2.59. The van der Waals surface area contributed by atoms with Crippen LogP contribution in [0.5, 0.6) is 0 Å². The molecular weight excluding hydrogens is 264 g/mol. The summed E-state index contributed by atoms with van der Waals surface area (Å²) in [6.07, 6.45) is 2.20. The summed E-state index contributed by atoms with van der Waals surface area (Å²) in [7, 11) is 0. The molecule has 21 heavy (non-hydrogen) atoms. The molecule has 1 saturated carbocycles. The number of rotatable bonds is 4. The number of aromatic nitrogens is 3. The van der Waals surface area contributed by atoms with Crippen LogP contribution in [0.3, 0.4) is 0 Å². The van der Waals surface area contributed by atoms with Crippen LogP contribution in [0.2, 0.25) is 0 Å². The molecule has 0 aliphatic heterocycles. The highest BCUT2D eigenvalue weighted by atomic mass is 16.2. The standard InChI is InChI=1S/C16H20N4O/c1-10(2)17-16(21)14-15(12-6-7-12)20(19-18-14)13-8-4-11(3)5-9-13/h4-5,8-10,12H,6-7H2,1-3H3,(H,17,21). The Kier molecular flexibility index (Phi) is 3.49. The third-order valence-electron chi connectivity index (χ3n) is 3.58. The van der Waals surface area contributed by atoms with Gasteiger partial charge in [0.1, 0.15) is 0 Å². The van der Waals surface area contributed by atoms with E-state index in [0.29, 0.717) is 11.6 Å². The maximum Gasteiger partial charge on any atom is 0.273 e. The van der Waals surface area contributed by atoms with Gasteiger partial charge in [0.25, 0.3) is 5.91 Å². The fraction of sp³-hybridized carbons (Fsp3) is 0.438. The molecule has 0 unspecified atom stereocenters. The average molecular weight is 284 g/mol. The lowest BCUT2D eigenvalue weighted by molar-refractivity contribution is 0.0937. The van der Waals surface area contributed by atoms with Crippen LogP contribution in [0.15, 0.2) is 24.3 Å². The SMILES string of the molecule is Cc1ccc(-n2nnc(C(=O)NC(C)C)c2C2CC2)cc1. The summed E-state index contributed by atoms with van der Waals surface area (Å²) in [4.78, 5) is 12.3. The van der Waals surface area contributed by atoms with Crippen molar-refractivity contribution in [2.75, 3.05) is 0 Å². The van der Waals surface area contributed by atoms with Gasteiger partial charge in [0.2, 0.25) is 0 Å². The van der Waals surface area contributed by atoms with E-state index in [0.717, 1.165) is 24.2 Å². The summed E-state index contributed by atoms with van der Waals surface area (Å²) in [5, 5.41) is 11.2. The van der Waals surface area contributed by atoms with Crippen molar-refractivity contribution in [3.8, 4) is 5.69 Å². The fourth-order valence-corrected chi connectivity index (χ4v) is 2.38. The van der Waals surface area contributed by atoms with Crippen molar-refractivity contribution in [3.63, 3.8) is 0 Å². The molecular formula is C16H20N4O. The molecule has 5 heteroatoms. The Labute approximate surface area is 124 Å². The zero-order valence-electron chi connectivity index (χ0n) is 12.6. The van der Waals surface area contributed by atoms with Gasteiger partial charge in [-0.2, -0.15) is 0 Å². The first kappa shape index (κ1) is 13.8. The minimum absolute atomic E-state index is 0.0917. The molecule has 3 rings (SSSR count). The number of hydrogen-bond donors (Lipinski definition) is 1. The summed E-state index contributed by atoms with van der Waals surface area (Å²) >= 11 is 0. The molecule has 1 aliphatic carbocycles. The van der Waals surface area contributed by atoms with Gasteiger partial charge in [-0.1, -0.05) is 22.9 Å². The number of benzene rings is 1. The second kappa shape index (κ2) is 5.31. The minimum Gasteiger partial charge on any atom is -0.348 e. The molecule has 1 aliphatic rings. The maximum atomic E-state index is 12.3. The van der Waals surface area contributed by atoms with E-state index in [-0.39, 0.29) is 11.9 Å². The molecule has 0 bridgehead atoms. The zero-order chi connectivity index (χ0) is 15.0. The van der Waals surface area contributed by atoms with Crippen LogP contribution in [0, 0.1) is 6.92 Å². The van der Waals surface area contributed by atoms with Gasteiger partial charge in [-0.25, -0.2) is 4.68 Å². The Balaban J connectivity index is 2.00. The van der Waals surface area contributed by atoms with E-state index >= 15 is 0 Å². The van der Waals surface area contributed by atoms with Gasteiger partial charge in [0, 0.05) is 12.0 Å². The van der Waals surface area contributed by atoms with Crippen molar-refractivity contribution < 1.29 is 4.79 Å². The quantitative estimate of drug-likeness (QED) is 0.938. The topological polar surface area (TPSA) is 59.8 Å². The monoisotopic (exact) mass is 284 g/mol. The highest BCUT2D eigenvalue weighted by molar-refractivity contribution is 5.93. The molecule has 1 N–H and O–H groups in total. The number of carbonyl (C=O) groups excluding carboxylic acids is 1. The van der Waals surface area contributed by atoms with Gasteiger partial charge < -0.3 is 5.32 Å². The van der Waals surface area contributed by atoms with Crippen LogP contribution < -0.4 is 5.32 Å². The predicted molar refractivity (Wildman–Crippen MR) is 80.7 cm³/mol. The van der Waals surface area contributed by atoms with Gasteiger partial charge in [0.05, 0.1) is 11.4 Å². The lowest BCUT2D eigenvalue weighted by Crippen LogP contribution is -2.31. The fourth-order valence-electron chi connectivity index (χ4n) is 2.38. The lowest BCUT2D eigenvalue weighted by atomic mass is 10.2. The molecule has 2 aromatic rings. The Morgan fingerprint density at radius 3 is 2.52 bits per heavy atom. The van der Waals surface area contributed by atoms with Crippen molar-refractivity contribution >= 4 is 5.91 Å². The molecule has 1 fully saturated rings. The largest absolute Gasteiger partial charge is 0.348 e. The molecule has 1 heterocycles. The Morgan fingerprint density at radius 2 is 1.95 bits per heavy atom. The van der Waals surface area contributed by atoms with Crippen LogP contribution in [0.4, 0.5) is 0 Å². The number of aryl methyl sites for hydroxylation is 1. The van der Waals surface area contributed by atoms with E-state index in [2.05, 4.69) is 22.6 Å². The van der Waals surface area contributed by atoms with Gasteiger partial charge in [-0.05, 0) is 45.7 Å². The average Bonchev–Trinajstić information content (AvgIpc) is 3.17. The third-order valence-corrected chi connectivity index (χ3v) is 3.58. The first-order valence-electron chi connectivity index (χ1n) is 7.39. The summed E-state index contributed by atoms with van der Waals surface area (Å²) in [6, 6.07) is 8.21. The Bertz CT molecular complexity index is 653. The van der Waals surface area contributed by atoms with Crippen molar-refractivity contribution in [3.05, 3.63) is 41.2 Å². The van der Waals surface area contributed by atoms with Crippen LogP contribution >= 0.6 is 0 Å². The van der Waals surface area contributed by atoms with E-state index in [1.54, 1.807) is 0 Å². The Morgan fingerprint density at radius 1 is 1.29 bits per heavy atom. The van der Waals surface area contributed by atoms with Crippen LogP contribution in [-0.4, -0.2) is 26.9 Å². The molecule has 1 aromatic heterocycles. The van der Waals surface area contributed by atoms with E-state index in [4.69, 9.17) is 0 Å². The molecule has 5 nitrogen and oxygen atoms in total. The van der Waals surface area contributed by atoms with Crippen molar-refractivity contribution in [1.29, 1.82) is 0 Å². The summed E-state index contributed by atoms with van der Waals surface area (Å²) in [5.74, 6) is 0.263. The molecule has 110 valence electrons. The molecule has 1 aromatic carbocycles. The second-order valence-electron chi connectivity index (χ2n) is 5.97. The normalized spacial score (nSPS) is 14.5. The number of nitrogens with one attached hydrogen (secondary N) is 1. The number of carbonyl (C=O) groups is 1. The molecule has 0 radical (unpaired) electrons. The maximum absolute atomic E-state index is 12.3. The third kappa shape index (κ3) is 2.82. The number of amides is 1. The smallest absolute Gasteiger partial charge is 0.273 e. The van der Waals surface area contributed by atoms with Gasteiger partial charge in [0.15, 0.2) is 5.69 Å². The highest BCUT2D eigenvalue weighted by Gasteiger charge is 2.34. The first-order chi connectivity index (χ1) is 10.1. The van der Waals surface area contributed by atoms with Crippen molar-refractivity contribution in [2.24, 2.45) is 0 Å². The van der Waals surface area contributed by atoms with E-state index in [9.17, 15) is 4.79 Å². The second-order valence-corrected chi connectivity index (χ2v) is 5.97. The number of hydrogen-bond acceptors (Lipinski definition) is 3. The summed E-state index contributed by atoms with van der Waals surface area (Å²) < 4.78 is 1.81. The zero-order valence-corrected chi connectivity index (χ0v) is 12.6. The van der Waals surface area contributed by atoms with Crippen molar-refractivity contribution in [2.45, 2.75) is 45.6 Å². The minimum atomic E-state index is -0.134. The van der Waals surface area contributed by atoms with Gasteiger partial charge >= 0.3 is 0 Å². The first-order valence-corrected chi connectivity index (χ1v) is 7.39.